The van der Waals surface area contributed by atoms with Crippen LogP contribution in [0.3, 0.4) is 0 Å². The van der Waals surface area contributed by atoms with E-state index in [2.05, 4.69) is 16.3 Å². The molecule has 0 bridgehead atoms. The fourth-order valence-electron chi connectivity index (χ4n) is 2.39. The van der Waals surface area contributed by atoms with E-state index in [4.69, 9.17) is 5.73 Å². The Balaban J connectivity index is 1.74. The normalized spacial score (nSPS) is 15.6. The summed E-state index contributed by atoms with van der Waals surface area (Å²) in [7, 11) is 0. The fourth-order valence-corrected chi connectivity index (χ4v) is 3.28. The maximum absolute atomic E-state index is 13.0. The standard InChI is InChI=1S/C14H15FN2S/c15-12-2-1-10(13(16)7-12)8-17-5-3-14-11(9-17)4-6-18-14/h1-2,4,6-7H,3,5,8-9,16H2. The molecule has 0 amide bonds. The van der Waals surface area contributed by atoms with Crippen LogP contribution in [-0.4, -0.2) is 11.4 Å². The lowest BCUT2D eigenvalue weighted by molar-refractivity contribution is 0.248. The molecule has 0 spiro atoms. The molecule has 4 heteroatoms. The maximum Gasteiger partial charge on any atom is 0.125 e. The highest BCUT2D eigenvalue weighted by Crippen LogP contribution is 2.26. The van der Waals surface area contributed by atoms with Gasteiger partial charge in [-0.15, -0.1) is 11.3 Å². The van der Waals surface area contributed by atoms with Crippen LogP contribution in [0.25, 0.3) is 0 Å². The van der Waals surface area contributed by atoms with Gasteiger partial charge >= 0.3 is 0 Å². The van der Waals surface area contributed by atoms with Crippen LogP contribution in [-0.2, 0) is 19.5 Å². The Morgan fingerprint density at radius 2 is 2.22 bits per heavy atom. The quantitative estimate of drug-likeness (QED) is 0.843. The molecule has 0 unspecified atom stereocenters. The third-order valence-corrected chi connectivity index (χ3v) is 4.41. The van der Waals surface area contributed by atoms with Crippen LogP contribution < -0.4 is 5.73 Å². The predicted molar refractivity (Wildman–Crippen MR) is 72.9 cm³/mol. The topological polar surface area (TPSA) is 29.3 Å². The van der Waals surface area contributed by atoms with Gasteiger partial charge in [-0.2, -0.15) is 0 Å². The molecule has 0 fully saturated rings. The molecule has 1 aromatic carbocycles. The van der Waals surface area contributed by atoms with Gasteiger partial charge in [-0.1, -0.05) is 6.07 Å². The minimum Gasteiger partial charge on any atom is -0.398 e. The van der Waals surface area contributed by atoms with Gasteiger partial charge in [0.15, 0.2) is 0 Å². The monoisotopic (exact) mass is 262 g/mol. The average Bonchev–Trinajstić information content (AvgIpc) is 2.80. The fraction of sp³-hybridized carbons (Fsp3) is 0.286. The van der Waals surface area contributed by atoms with E-state index in [1.165, 1.54) is 22.6 Å². The highest BCUT2D eigenvalue weighted by atomic mass is 32.1. The highest BCUT2D eigenvalue weighted by Gasteiger charge is 2.17. The van der Waals surface area contributed by atoms with Gasteiger partial charge in [0.05, 0.1) is 0 Å². The average molecular weight is 262 g/mol. The van der Waals surface area contributed by atoms with E-state index in [1.807, 2.05) is 11.3 Å². The van der Waals surface area contributed by atoms with Gasteiger partial charge in [-0.05, 0) is 41.1 Å². The smallest absolute Gasteiger partial charge is 0.125 e. The molecule has 0 atom stereocenters. The SMILES string of the molecule is Nc1cc(F)ccc1CN1CCc2sccc2C1. The number of anilines is 1. The Hall–Kier alpha value is -1.39. The predicted octanol–water partition coefficient (Wildman–Crippen LogP) is 3.03. The lowest BCUT2D eigenvalue weighted by Gasteiger charge is -2.27. The summed E-state index contributed by atoms with van der Waals surface area (Å²) in [6, 6.07) is 6.86. The number of hydrogen-bond donors (Lipinski definition) is 1. The molecule has 0 saturated carbocycles. The number of nitrogens with zero attached hydrogens (tertiary/aromatic N) is 1. The van der Waals surface area contributed by atoms with Crippen molar-refractivity contribution in [3.8, 4) is 0 Å². The summed E-state index contributed by atoms with van der Waals surface area (Å²) in [6.07, 6.45) is 1.11. The van der Waals surface area contributed by atoms with Crippen LogP contribution in [0, 0.1) is 5.82 Å². The van der Waals surface area contributed by atoms with Crippen LogP contribution in [0.5, 0.6) is 0 Å². The molecule has 1 aliphatic heterocycles. The van der Waals surface area contributed by atoms with Gasteiger partial charge in [0.1, 0.15) is 5.82 Å². The van der Waals surface area contributed by atoms with Crippen LogP contribution in [0.15, 0.2) is 29.6 Å². The van der Waals surface area contributed by atoms with Crippen molar-refractivity contribution in [3.05, 3.63) is 51.5 Å². The summed E-state index contributed by atoms with van der Waals surface area (Å²) >= 11 is 1.84. The molecule has 2 aromatic rings. The molecule has 0 radical (unpaired) electrons. The number of halogens is 1. The molecule has 3 rings (SSSR count). The number of nitrogen functional groups attached to an aromatic ring is 1. The summed E-state index contributed by atoms with van der Waals surface area (Å²) < 4.78 is 13.0. The molecule has 1 aromatic heterocycles. The molecule has 2 heterocycles. The molecule has 94 valence electrons. The highest BCUT2D eigenvalue weighted by molar-refractivity contribution is 7.10. The lowest BCUT2D eigenvalue weighted by atomic mass is 10.1. The first-order valence-corrected chi connectivity index (χ1v) is 6.92. The van der Waals surface area contributed by atoms with Crippen molar-refractivity contribution in [1.82, 2.24) is 4.90 Å². The van der Waals surface area contributed by atoms with Gasteiger partial charge < -0.3 is 5.73 Å². The molecule has 18 heavy (non-hydrogen) atoms. The van der Waals surface area contributed by atoms with Crippen LogP contribution in [0.2, 0.25) is 0 Å². The van der Waals surface area contributed by atoms with Gasteiger partial charge in [-0.25, -0.2) is 4.39 Å². The first-order chi connectivity index (χ1) is 8.72. The zero-order valence-electron chi connectivity index (χ0n) is 10.0. The van der Waals surface area contributed by atoms with Gasteiger partial charge in [0, 0.05) is 30.2 Å². The van der Waals surface area contributed by atoms with Crippen molar-refractivity contribution in [2.45, 2.75) is 19.5 Å². The van der Waals surface area contributed by atoms with Gasteiger partial charge in [0.2, 0.25) is 0 Å². The Kier molecular flexibility index (Phi) is 3.06. The Bertz CT molecular complexity index is 565. The van der Waals surface area contributed by atoms with E-state index in [1.54, 1.807) is 6.07 Å². The zero-order chi connectivity index (χ0) is 12.5. The third kappa shape index (κ3) is 2.26. The van der Waals surface area contributed by atoms with Crippen molar-refractivity contribution >= 4 is 17.0 Å². The summed E-state index contributed by atoms with van der Waals surface area (Å²) in [5.41, 5.74) is 8.83. The second kappa shape index (κ2) is 4.71. The van der Waals surface area contributed by atoms with Crippen molar-refractivity contribution < 1.29 is 4.39 Å². The number of hydrogen-bond acceptors (Lipinski definition) is 3. The molecule has 2 N–H and O–H groups in total. The van der Waals surface area contributed by atoms with Crippen LogP contribution >= 0.6 is 11.3 Å². The molecule has 0 saturated heterocycles. The van der Waals surface area contributed by atoms with Crippen molar-refractivity contribution in [2.24, 2.45) is 0 Å². The number of thiophene rings is 1. The largest absolute Gasteiger partial charge is 0.398 e. The minimum absolute atomic E-state index is 0.269. The Morgan fingerprint density at radius 1 is 1.33 bits per heavy atom. The van der Waals surface area contributed by atoms with E-state index in [0.29, 0.717) is 5.69 Å². The summed E-state index contributed by atoms with van der Waals surface area (Å²) in [5.74, 6) is -0.269. The van der Waals surface area contributed by atoms with Crippen LogP contribution in [0.1, 0.15) is 16.0 Å². The van der Waals surface area contributed by atoms with Gasteiger partial charge in [-0.3, -0.25) is 4.90 Å². The number of rotatable bonds is 2. The van der Waals surface area contributed by atoms with Gasteiger partial charge in [0.25, 0.3) is 0 Å². The molecule has 0 aliphatic carbocycles. The first kappa shape index (κ1) is 11.7. The summed E-state index contributed by atoms with van der Waals surface area (Å²) in [4.78, 5) is 3.86. The third-order valence-electron chi connectivity index (χ3n) is 3.39. The molecule has 1 aliphatic rings. The lowest BCUT2D eigenvalue weighted by Crippen LogP contribution is -2.29. The summed E-state index contributed by atoms with van der Waals surface area (Å²) in [6.45, 7) is 2.81. The second-order valence-electron chi connectivity index (χ2n) is 4.67. The summed E-state index contributed by atoms with van der Waals surface area (Å²) in [5, 5.41) is 2.15. The van der Waals surface area contributed by atoms with Crippen molar-refractivity contribution in [1.29, 1.82) is 0 Å². The Labute approximate surface area is 110 Å². The zero-order valence-corrected chi connectivity index (χ0v) is 10.8. The first-order valence-electron chi connectivity index (χ1n) is 6.04. The van der Waals surface area contributed by atoms with E-state index in [9.17, 15) is 4.39 Å². The molecular formula is C14H15FN2S. The number of benzene rings is 1. The van der Waals surface area contributed by atoms with E-state index < -0.39 is 0 Å². The second-order valence-corrected chi connectivity index (χ2v) is 5.67. The minimum atomic E-state index is -0.269. The number of fused-ring (bicyclic) bond motifs is 1. The maximum atomic E-state index is 13.0. The number of nitrogens with two attached hydrogens (primary N) is 1. The molecule has 2 nitrogen and oxygen atoms in total. The van der Waals surface area contributed by atoms with E-state index in [-0.39, 0.29) is 5.82 Å². The van der Waals surface area contributed by atoms with Crippen molar-refractivity contribution in [3.63, 3.8) is 0 Å². The Morgan fingerprint density at radius 3 is 3.06 bits per heavy atom. The van der Waals surface area contributed by atoms with Crippen molar-refractivity contribution in [2.75, 3.05) is 12.3 Å². The molecular weight excluding hydrogens is 247 g/mol. The van der Waals surface area contributed by atoms with Crippen LogP contribution in [0.4, 0.5) is 10.1 Å². The van der Waals surface area contributed by atoms with E-state index >= 15 is 0 Å². The van der Waals surface area contributed by atoms with E-state index in [0.717, 1.165) is 31.6 Å².